The summed E-state index contributed by atoms with van der Waals surface area (Å²) >= 11 is 0. The molecule has 0 heteroatoms. The lowest BCUT2D eigenvalue weighted by Crippen LogP contribution is -2.04. The van der Waals surface area contributed by atoms with Gasteiger partial charge in [0.25, 0.3) is 0 Å². The van der Waals surface area contributed by atoms with E-state index in [4.69, 9.17) is 0 Å². The average Bonchev–Trinajstić information content (AvgIpc) is 2.23. The molecule has 0 saturated heterocycles. The van der Waals surface area contributed by atoms with Gasteiger partial charge in [0.1, 0.15) is 0 Å². The first-order valence-corrected chi connectivity index (χ1v) is 5.33. The Balaban J connectivity index is 2.48. The van der Waals surface area contributed by atoms with Crippen LogP contribution in [0.3, 0.4) is 0 Å². The largest absolute Gasteiger partial charge is 0.0952 e. The van der Waals surface area contributed by atoms with Crippen LogP contribution in [0.25, 0.3) is 5.57 Å². The summed E-state index contributed by atoms with van der Waals surface area (Å²) < 4.78 is 0. The zero-order chi connectivity index (χ0) is 10.8. The Labute approximate surface area is 91.6 Å². The summed E-state index contributed by atoms with van der Waals surface area (Å²) in [5.41, 5.74) is 5.24. The minimum absolute atomic E-state index is 0.427. The molecule has 0 N–H and O–H groups in total. The van der Waals surface area contributed by atoms with Gasteiger partial charge in [-0.05, 0) is 29.2 Å². The van der Waals surface area contributed by atoms with Crippen LogP contribution in [0.1, 0.15) is 18.1 Å². The van der Waals surface area contributed by atoms with Crippen molar-refractivity contribution in [2.24, 2.45) is 5.92 Å². The lowest BCUT2D eigenvalue weighted by molar-refractivity contribution is 0.910. The first-order chi connectivity index (χ1) is 7.20. The van der Waals surface area contributed by atoms with Gasteiger partial charge in [0.05, 0.1) is 0 Å². The highest BCUT2D eigenvalue weighted by atomic mass is 14.2. The van der Waals surface area contributed by atoms with Crippen molar-refractivity contribution < 1.29 is 0 Å². The summed E-state index contributed by atoms with van der Waals surface area (Å²) in [6.07, 6.45) is 6.37. The second kappa shape index (κ2) is 3.90. The smallest absolute Gasteiger partial charge is 0.00611 e. The van der Waals surface area contributed by atoms with E-state index in [2.05, 4.69) is 62.9 Å². The third kappa shape index (κ3) is 1.80. The fraction of sp³-hybridized carbons (Fsp3) is 0.200. The first-order valence-electron chi connectivity index (χ1n) is 5.33. The van der Waals surface area contributed by atoms with E-state index in [1.807, 2.05) is 0 Å². The highest BCUT2D eigenvalue weighted by Crippen LogP contribution is 2.33. The number of hydrogen-bond donors (Lipinski definition) is 0. The minimum Gasteiger partial charge on any atom is -0.0952 e. The Morgan fingerprint density at radius 1 is 1.20 bits per heavy atom. The monoisotopic (exact) mass is 196 g/mol. The van der Waals surface area contributed by atoms with Gasteiger partial charge in [-0.15, -0.1) is 0 Å². The third-order valence-electron chi connectivity index (χ3n) is 3.06. The molecule has 0 fully saturated rings. The van der Waals surface area contributed by atoms with Crippen LogP contribution in [0.2, 0.25) is 0 Å². The maximum Gasteiger partial charge on any atom is 0.00611 e. The molecule has 1 atom stereocenters. The van der Waals surface area contributed by atoms with E-state index in [1.165, 1.54) is 22.3 Å². The SMILES string of the molecule is C=C1C=CC=C(c2ccccc2C)C1C. The predicted molar refractivity (Wildman–Crippen MR) is 66.6 cm³/mol. The fourth-order valence-electron chi connectivity index (χ4n) is 1.98. The van der Waals surface area contributed by atoms with Crippen LogP contribution in [0, 0.1) is 12.8 Å². The molecule has 15 heavy (non-hydrogen) atoms. The zero-order valence-electron chi connectivity index (χ0n) is 9.33. The summed E-state index contributed by atoms with van der Waals surface area (Å²) in [5.74, 6) is 0.427. The van der Waals surface area contributed by atoms with Gasteiger partial charge >= 0.3 is 0 Å². The molecular weight excluding hydrogens is 180 g/mol. The van der Waals surface area contributed by atoms with E-state index in [-0.39, 0.29) is 0 Å². The van der Waals surface area contributed by atoms with Crippen molar-refractivity contribution in [3.8, 4) is 0 Å². The molecule has 0 spiro atoms. The van der Waals surface area contributed by atoms with Gasteiger partial charge in [0.15, 0.2) is 0 Å². The predicted octanol–water partition coefficient (Wildman–Crippen LogP) is 4.14. The van der Waals surface area contributed by atoms with E-state index in [1.54, 1.807) is 0 Å². The standard InChI is InChI=1S/C15H16/c1-11-8-6-10-15(13(11)3)14-9-5-4-7-12(14)2/h4-10,13H,1H2,2-3H3. The number of rotatable bonds is 1. The van der Waals surface area contributed by atoms with Gasteiger partial charge in [-0.2, -0.15) is 0 Å². The van der Waals surface area contributed by atoms with E-state index < -0.39 is 0 Å². The lowest BCUT2D eigenvalue weighted by atomic mass is 9.84. The number of aryl methyl sites for hydroxylation is 1. The summed E-state index contributed by atoms with van der Waals surface area (Å²) in [6.45, 7) is 8.44. The molecule has 0 aromatic heterocycles. The average molecular weight is 196 g/mol. The third-order valence-corrected chi connectivity index (χ3v) is 3.06. The van der Waals surface area contributed by atoms with Gasteiger partial charge in [-0.3, -0.25) is 0 Å². The van der Waals surface area contributed by atoms with E-state index >= 15 is 0 Å². The summed E-state index contributed by atoms with van der Waals surface area (Å²) in [7, 11) is 0. The van der Waals surface area contributed by atoms with Crippen LogP contribution in [-0.4, -0.2) is 0 Å². The highest BCUT2D eigenvalue weighted by molar-refractivity contribution is 5.75. The van der Waals surface area contributed by atoms with Crippen LogP contribution < -0.4 is 0 Å². The van der Waals surface area contributed by atoms with Gasteiger partial charge < -0.3 is 0 Å². The van der Waals surface area contributed by atoms with Crippen molar-refractivity contribution in [1.29, 1.82) is 0 Å². The Morgan fingerprint density at radius 2 is 1.93 bits per heavy atom. The topological polar surface area (TPSA) is 0 Å². The van der Waals surface area contributed by atoms with Gasteiger partial charge in [0, 0.05) is 5.92 Å². The Hall–Kier alpha value is -1.56. The fourth-order valence-corrected chi connectivity index (χ4v) is 1.98. The second-order valence-corrected chi connectivity index (χ2v) is 4.09. The zero-order valence-corrected chi connectivity index (χ0v) is 9.33. The van der Waals surface area contributed by atoms with E-state index in [9.17, 15) is 0 Å². The van der Waals surface area contributed by atoms with Gasteiger partial charge in [-0.1, -0.05) is 56.0 Å². The molecule has 1 unspecified atom stereocenters. The molecule has 1 aromatic rings. The molecule has 0 amide bonds. The normalized spacial score (nSPS) is 20.3. The van der Waals surface area contributed by atoms with Crippen LogP contribution in [0.4, 0.5) is 0 Å². The van der Waals surface area contributed by atoms with Gasteiger partial charge in [-0.25, -0.2) is 0 Å². The molecule has 2 rings (SSSR count). The van der Waals surface area contributed by atoms with Crippen LogP contribution in [0.15, 0.2) is 54.6 Å². The molecule has 0 heterocycles. The Morgan fingerprint density at radius 3 is 2.67 bits per heavy atom. The Bertz CT molecular complexity index is 447. The van der Waals surface area contributed by atoms with Crippen molar-refractivity contribution in [3.05, 3.63) is 65.8 Å². The minimum atomic E-state index is 0.427. The maximum atomic E-state index is 4.07. The lowest BCUT2D eigenvalue weighted by Gasteiger charge is -2.21. The second-order valence-electron chi connectivity index (χ2n) is 4.09. The quantitative estimate of drug-likeness (QED) is 0.633. The van der Waals surface area contributed by atoms with Gasteiger partial charge in [0.2, 0.25) is 0 Å². The molecule has 76 valence electrons. The summed E-state index contributed by atoms with van der Waals surface area (Å²) in [6, 6.07) is 8.52. The first kappa shape index (κ1) is 9.97. The van der Waals surface area contributed by atoms with Crippen molar-refractivity contribution in [1.82, 2.24) is 0 Å². The van der Waals surface area contributed by atoms with E-state index in [0.29, 0.717) is 5.92 Å². The molecule has 1 aliphatic carbocycles. The number of hydrogen-bond acceptors (Lipinski definition) is 0. The molecule has 0 bridgehead atoms. The molecule has 0 aliphatic heterocycles. The molecule has 0 saturated carbocycles. The van der Waals surface area contributed by atoms with Crippen LogP contribution in [0.5, 0.6) is 0 Å². The summed E-state index contributed by atoms with van der Waals surface area (Å²) in [5, 5.41) is 0. The van der Waals surface area contributed by atoms with Crippen molar-refractivity contribution in [2.75, 3.05) is 0 Å². The molecular formula is C15H16. The van der Waals surface area contributed by atoms with Crippen LogP contribution in [-0.2, 0) is 0 Å². The molecule has 1 aliphatic rings. The van der Waals surface area contributed by atoms with Crippen molar-refractivity contribution >= 4 is 5.57 Å². The van der Waals surface area contributed by atoms with Crippen LogP contribution >= 0.6 is 0 Å². The molecule has 0 nitrogen and oxygen atoms in total. The summed E-state index contributed by atoms with van der Waals surface area (Å²) in [4.78, 5) is 0. The molecule has 1 aromatic carbocycles. The number of benzene rings is 1. The van der Waals surface area contributed by atoms with E-state index in [0.717, 1.165) is 0 Å². The highest BCUT2D eigenvalue weighted by Gasteiger charge is 2.15. The molecule has 0 radical (unpaired) electrons. The Kier molecular flexibility index (Phi) is 2.59. The van der Waals surface area contributed by atoms with Crippen molar-refractivity contribution in [3.63, 3.8) is 0 Å². The number of allylic oxidation sites excluding steroid dienone is 5. The maximum absolute atomic E-state index is 4.07. The van der Waals surface area contributed by atoms with Crippen molar-refractivity contribution in [2.45, 2.75) is 13.8 Å².